The van der Waals surface area contributed by atoms with Crippen molar-refractivity contribution < 1.29 is 28.6 Å². The highest BCUT2D eigenvalue weighted by atomic mass is 35.5. The van der Waals surface area contributed by atoms with Crippen molar-refractivity contribution in [2.45, 2.75) is 6.10 Å². The molecule has 33 heavy (non-hydrogen) atoms. The molecule has 0 saturated carbocycles. The van der Waals surface area contributed by atoms with Crippen molar-refractivity contribution in [3.05, 3.63) is 52.5 Å². The number of halogens is 2. The van der Waals surface area contributed by atoms with Gasteiger partial charge in [0.15, 0.2) is 6.61 Å². The number of nitrogens with zero attached hydrogens (tertiary/aromatic N) is 2. The topological polar surface area (TPSA) is 97.4 Å². The fourth-order valence-electron chi connectivity index (χ4n) is 3.46. The van der Waals surface area contributed by atoms with E-state index in [1.54, 1.807) is 41.3 Å². The van der Waals surface area contributed by atoms with Crippen molar-refractivity contribution in [1.82, 2.24) is 5.32 Å². The summed E-state index contributed by atoms with van der Waals surface area (Å²) in [4.78, 5) is 39.5. The summed E-state index contributed by atoms with van der Waals surface area (Å²) in [5.74, 6) is -0.139. The number of morpholine rings is 1. The summed E-state index contributed by atoms with van der Waals surface area (Å²) in [5, 5.41) is 3.45. The van der Waals surface area contributed by atoms with Crippen molar-refractivity contribution in [3.63, 3.8) is 0 Å². The van der Waals surface area contributed by atoms with E-state index in [2.05, 4.69) is 5.32 Å². The highest BCUT2D eigenvalue weighted by molar-refractivity contribution is 6.35. The molecule has 174 valence electrons. The van der Waals surface area contributed by atoms with Gasteiger partial charge in [-0.05, 0) is 42.5 Å². The maximum atomic E-state index is 12.3. The van der Waals surface area contributed by atoms with Gasteiger partial charge in [-0.25, -0.2) is 4.79 Å². The van der Waals surface area contributed by atoms with E-state index in [0.717, 1.165) is 5.69 Å². The zero-order valence-corrected chi connectivity index (χ0v) is 19.0. The predicted molar refractivity (Wildman–Crippen MR) is 122 cm³/mol. The zero-order chi connectivity index (χ0) is 23.4. The SMILES string of the molecule is O=C(COc1ccc(Cl)cc1Cl)NC[C@H]1CN(c2ccc(N3CCOCC3=O)cc2)C(=O)O1. The Labute approximate surface area is 200 Å². The molecule has 2 aromatic rings. The van der Waals surface area contributed by atoms with Crippen LogP contribution >= 0.6 is 23.2 Å². The quantitative estimate of drug-likeness (QED) is 0.636. The second-order valence-corrected chi connectivity index (χ2v) is 8.24. The number of benzene rings is 2. The van der Waals surface area contributed by atoms with Crippen LogP contribution in [0.5, 0.6) is 5.75 Å². The number of carbonyl (C=O) groups excluding carboxylic acids is 3. The number of amides is 3. The van der Waals surface area contributed by atoms with E-state index in [9.17, 15) is 14.4 Å². The summed E-state index contributed by atoms with van der Waals surface area (Å²) in [6.07, 6.45) is -1.02. The van der Waals surface area contributed by atoms with Crippen LogP contribution in [0, 0.1) is 0 Å². The van der Waals surface area contributed by atoms with Gasteiger partial charge in [0, 0.05) is 22.9 Å². The van der Waals surface area contributed by atoms with Gasteiger partial charge in [-0.15, -0.1) is 0 Å². The van der Waals surface area contributed by atoms with Crippen LogP contribution in [0.3, 0.4) is 0 Å². The minimum atomic E-state index is -0.513. The number of hydrogen-bond donors (Lipinski definition) is 1. The number of ether oxygens (including phenoxy) is 3. The molecule has 0 aliphatic carbocycles. The van der Waals surface area contributed by atoms with Crippen LogP contribution in [0.25, 0.3) is 0 Å². The fraction of sp³-hybridized carbons (Fsp3) is 0.318. The first kappa shape index (κ1) is 23.2. The van der Waals surface area contributed by atoms with Crippen LogP contribution in [0.1, 0.15) is 0 Å². The Kier molecular flexibility index (Phi) is 7.22. The molecule has 2 fully saturated rings. The molecule has 9 nitrogen and oxygen atoms in total. The highest BCUT2D eigenvalue weighted by Gasteiger charge is 2.32. The molecule has 1 atom stereocenters. The first-order valence-corrected chi connectivity index (χ1v) is 11.0. The molecule has 2 saturated heterocycles. The van der Waals surface area contributed by atoms with Crippen molar-refractivity contribution in [3.8, 4) is 5.75 Å². The van der Waals surface area contributed by atoms with Crippen LogP contribution in [-0.2, 0) is 19.1 Å². The molecule has 11 heteroatoms. The Morgan fingerprint density at radius 1 is 1.09 bits per heavy atom. The molecule has 2 heterocycles. The molecule has 0 spiro atoms. The molecule has 0 radical (unpaired) electrons. The Morgan fingerprint density at radius 2 is 1.82 bits per heavy atom. The van der Waals surface area contributed by atoms with Crippen LogP contribution in [0.4, 0.5) is 16.2 Å². The summed E-state index contributed by atoms with van der Waals surface area (Å²) in [6, 6.07) is 11.8. The van der Waals surface area contributed by atoms with E-state index in [1.165, 1.54) is 11.0 Å². The fourth-order valence-corrected chi connectivity index (χ4v) is 3.92. The molecule has 2 aromatic carbocycles. The smallest absolute Gasteiger partial charge is 0.414 e. The molecule has 3 amide bonds. The van der Waals surface area contributed by atoms with Gasteiger partial charge in [0.05, 0.1) is 24.7 Å². The van der Waals surface area contributed by atoms with Gasteiger partial charge < -0.3 is 24.4 Å². The van der Waals surface area contributed by atoms with E-state index in [0.29, 0.717) is 34.6 Å². The third kappa shape index (κ3) is 5.68. The van der Waals surface area contributed by atoms with Gasteiger partial charge in [0.2, 0.25) is 0 Å². The molecule has 4 rings (SSSR count). The number of nitrogens with one attached hydrogen (secondary N) is 1. The van der Waals surface area contributed by atoms with Crippen LogP contribution in [0.15, 0.2) is 42.5 Å². The number of cyclic esters (lactones) is 1. The van der Waals surface area contributed by atoms with E-state index < -0.39 is 12.2 Å². The van der Waals surface area contributed by atoms with Gasteiger partial charge in [-0.2, -0.15) is 0 Å². The lowest BCUT2D eigenvalue weighted by atomic mass is 10.2. The molecule has 0 bridgehead atoms. The van der Waals surface area contributed by atoms with Gasteiger partial charge in [0.1, 0.15) is 18.5 Å². The summed E-state index contributed by atoms with van der Waals surface area (Å²) >= 11 is 11.9. The van der Waals surface area contributed by atoms with E-state index in [4.69, 9.17) is 37.4 Å². The monoisotopic (exact) mass is 493 g/mol. The van der Waals surface area contributed by atoms with Gasteiger partial charge in [-0.1, -0.05) is 23.2 Å². The maximum absolute atomic E-state index is 12.3. The van der Waals surface area contributed by atoms with E-state index in [1.807, 2.05) is 0 Å². The maximum Gasteiger partial charge on any atom is 0.414 e. The normalized spacial score (nSPS) is 18.3. The summed E-state index contributed by atoms with van der Waals surface area (Å²) in [5.41, 5.74) is 1.38. The van der Waals surface area contributed by atoms with Crippen molar-refractivity contribution in [2.24, 2.45) is 0 Å². The third-order valence-corrected chi connectivity index (χ3v) is 5.64. The van der Waals surface area contributed by atoms with Gasteiger partial charge in [-0.3, -0.25) is 14.5 Å². The number of hydrogen-bond acceptors (Lipinski definition) is 6. The molecule has 0 aromatic heterocycles. The minimum absolute atomic E-state index is 0.0609. The van der Waals surface area contributed by atoms with E-state index in [-0.39, 0.29) is 38.1 Å². The molecule has 2 aliphatic heterocycles. The Morgan fingerprint density at radius 3 is 2.52 bits per heavy atom. The highest BCUT2D eigenvalue weighted by Crippen LogP contribution is 2.28. The Bertz CT molecular complexity index is 1050. The minimum Gasteiger partial charge on any atom is -0.482 e. The van der Waals surface area contributed by atoms with E-state index >= 15 is 0 Å². The molecular weight excluding hydrogens is 473 g/mol. The van der Waals surface area contributed by atoms with Crippen LogP contribution < -0.4 is 19.9 Å². The first-order chi connectivity index (χ1) is 15.9. The summed E-state index contributed by atoms with van der Waals surface area (Å²) in [7, 11) is 0. The first-order valence-electron chi connectivity index (χ1n) is 10.2. The van der Waals surface area contributed by atoms with Crippen LogP contribution in [-0.4, -0.2) is 63.5 Å². The lowest BCUT2D eigenvalue weighted by molar-refractivity contribution is -0.125. The standard InChI is InChI=1S/C22H21Cl2N3O6/c23-14-1-6-19(18(24)9-14)32-12-20(28)25-10-17-11-27(22(30)33-17)16-4-2-15(3-5-16)26-7-8-31-13-21(26)29/h1-6,9,17H,7-8,10-13H2,(H,25,28)/t17-/m0/s1. The molecule has 1 N–H and O–H groups in total. The van der Waals surface area contributed by atoms with Gasteiger partial charge in [0.25, 0.3) is 11.8 Å². The lowest BCUT2D eigenvalue weighted by Crippen LogP contribution is -2.41. The third-order valence-electron chi connectivity index (χ3n) is 5.11. The summed E-state index contributed by atoms with van der Waals surface area (Å²) in [6.45, 7) is 1.20. The van der Waals surface area contributed by atoms with Crippen molar-refractivity contribution in [1.29, 1.82) is 0 Å². The molecule has 2 aliphatic rings. The van der Waals surface area contributed by atoms with Crippen LogP contribution in [0.2, 0.25) is 10.0 Å². The second kappa shape index (κ2) is 10.3. The van der Waals surface area contributed by atoms with Gasteiger partial charge >= 0.3 is 6.09 Å². The number of anilines is 2. The summed E-state index contributed by atoms with van der Waals surface area (Å²) < 4.78 is 15.9. The lowest BCUT2D eigenvalue weighted by Gasteiger charge is -2.27. The molecular formula is C22H21Cl2N3O6. The number of carbonyl (C=O) groups is 3. The average molecular weight is 494 g/mol. The number of rotatable bonds is 7. The zero-order valence-electron chi connectivity index (χ0n) is 17.5. The van der Waals surface area contributed by atoms with Crippen molar-refractivity contribution >= 4 is 52.5 Å². The molecule has 0 unspecified atom stereocenters. The Balaban J connectivity index is 1.26. The largest absolute Gasteiger partial charge is 0.482 e. The van der Waals surface area contributed by atoms with Crippen molar-refractivity contribution in [2.75, 3.05) is 49.3 Å². The average Bonchev–Trinajstić information content (AvgIpc) is 3.18. The second-order valence-electron chi connectivity index (χ2n) is 7.40. The Hall–Kier alpha value is -3.01. The predicted octanol–water partition coefficient (Wildman–Crippen LogP) is 2.88.